The van der Waals surface area contributed by atoms with E-state index in [0.717, 1.165) is 14.4 Å². The smallest absolute Gasteiger partial charge is 0.229 e. The molecule has 0 aliphatic heterocycles. The summed E-state index contributed by atoms with van der Waals surface area (Å²) in [6.45, 7) is 6.53. The van der Waals surface area contributed by atoms with E-state index in [0.29, 0.717) is 6.42 Å². The Morgan fingerprint density at radius 3 is 2.30 bits per heavy atom. The number of hydrogen-bond acceptors (Lipinski definition) is 2. The summed E-state index contributed by atoms with van der Waals surface area (Å²) < 4.78 is 1.05. The fraction of sp³-hybridized carbons (Fsp3) is 0.312. The zero-order valence-electron chi connectivity index (χ0n) is 11.9. The molecule has 0 atom stereocenters. The van der Waals surface area contributed by atoms with Crippen molar-refractivity contribution in [3.63, 3.8) is 0 Å². The SMILES string of the molecule is CC(C)(C)c1ccc(NC(=O)Cc2ccc(Br)s2)cc1. The van der Waals surface area contributed by atoms with Crippen molar-refractivity contribution in [3.8, 4) is 0 Å². The summed E-state index contributed by atoms with van der Waals surface area (Å²) >= 11 is 4.99. The van der Waals surface area contributed by atoms with E-state index in [2.05, 4.69) is 54.2 Å². The molecule has 0 bridgehead atoms. The minimum atomic E-state index is 0.0165. The normalized spacial score (nSPS) is 11.4. The second-order valence-electron chi connectivity index (χ2n) is 5.76. The van der Waals surface area contributed by atoms with Crippen LogP contribution in [0, 0.1) is 0 Å². The van der Waals surface area contributed by atoms with Gasteiger partial charge in [0.25, 0.3) is 0 Å². The third kappa shape index (κ3) is 4.18. The van der Waals surface area contributed by atoms with Gasteiger partial charge in [-0.2, -0.15) is 0 Å². The lowest BCUT2D eigenvalue weighted by Crippen LogP contribution is -2.14. The van der Waals surface area contributed by atoms with Gasteiger partial charge in [-0.25, -0.2) is 0 Å². The molecule has 106 valence electrons. The van der Waals surface area contributed by atoms with Crippen molar-refractivity contribution in [1.82, 2.24) is 0 Å². The van der Waals surface area contributed by atoms with Crippen molar-refractivity contribution < 1.29 is 4.79 Å². The number of nitrogens with one attached hydrogen (secondary N) is 1. The van der Waals surface area contributed by atoms with Gasteiger partial charge in [0.15, 0.2) is 0 Å². The standard InChI is InChI=1S/C16H18BrNOS/c1-16(2,3)11-4-6-12(7-5-11)18-15(19)10-13-8-9-14(17)20-13/h4-9H,10H2,1-3H3,(H,18,19). The number of hydrogen-bond donors (Lipinski definition) is 1. The maximum atomic E-state index is 12.0. The van der Waals surface area contributed by atoms with E-state index in [4.69, 9.17) is 0 Å². The Morgan fingerprint density at radius 2 is 1.80 bits per heavy atom. The van der Waals surface area contributed by atoms with Crippen LogP contribution in [0.25, 0.3) is 0 Å². The van der Waals surface area contributed by atoms with Crippen LogP contribution >= 0.6 is 27.3 Å². The van der Waals surface area contributed by atoms with Crippen LogP contribution < -0.4 is 5.32 Å². The highest BCUT2D eigenvalue weighted by Gasteiger charge is 2.13. The van der Waals surface area contributed by atoms with Crippen LogP contribution in [-0.2, 0) is 16.6 Å². The third-order valence-electron chi connectivity index (χ3n) is 3.00. The Bertz CT molecular complexity index is 596. The molecule has 1 aromatic heterocycles. The zero-order valence-corrected chi connectivity index (χ0v) is 14.3. The van der Waals surface area contributed by atoms with Crippen molar-refractivity contribution in [2.24, 2.45) is 0 Å². The van der Waals surface area contributed by atoms with Crippen LogP contribution in [0.3, 0.4) is 0 Å². The fourth-order valence-electron chi connectivity index (χ4n) is 1.86. The zero-order chi connectivity index (χ0) is 14.8. The highest BCUT2D eigenvalue weighted by Crippen LogP contribution is 2.24. The molecular formula is C16H18BrNOS. The van der Waals surface area contributed by atoms with E-state index in [1.807, 2.05) is 24.3 Å². The van der Waals surface area contributed by atoms with Crippen molar-refractivity contribution in [2.45, 2.75) is 32.6 Å². The Morgan fingerprint density at radius 1 is 1.15 bits per heavy atom. The average Bonchev–Trinajstić information content (AvgIpc) is 2.74. The van der Waals surface area contributed by atoms with Crippen LogP contribution in [0.15, 0.2) is 40.2 Å². The summed E-state index contributed by atoms with van der Waals surface area (Å²) in [5.74, 6) is 0.0165. The Hall–Kier alpha value is -1.13. The molecule has 2 aromatic rings. The number of benzene rings is 1. The van der Waals surface area contributed by atoms with E-state index in [1.54, 1.807) is 11.3 Å². The highest BCUT2D eigenvalue weighted by atomic mass is 79.9. The lowest BCUT2D eigenvalue weighted by Gasteiger charge is -2.19. The number of rotatable bonds is 3. The topological polar surface area (TPSA) is 29.1 Å². The predicted octanol–water partition coefficient (Wildman–Crippen LogP) is 4.99. The molecule has 0 aliphatic rings. The molecule has 0 radical (unpaired) electrons. The minimum absolute atomic E-state index is 0.0165. The molecule has 1 N–H and O–H groups in total. The van der Waals surface area contributed by atoms with E-state index in [-0.39, 0.29) is 11.3 Å². The minimum Gasteiger partial charge on any atom is -0.326 e. The van der Waals surface area contributed by atoms with E-state index >= 15 is 0 Å². The lowest BCUT2D eigenvalue weighted by molar-refractivity contribution is -0.115. The molecular weight excluding hydrogens is 334 g/mol. The Labute approximate surface area is 132 Å². The van der Waals surface area contributed by atoms with Crippen LogP contribution in [0.5, 0.6) is 0 Å². The van der Waals surface area contributed by atoms with Gasteiger partial charge in [-0.05, 0) is 51.2 Å². The number of halogens is 1. The summed E-state index contributed by atoms with van der Waals surface area (Å²) in [7, 11) is 0. The highest BCUT2D eigenvalue weighted by molar-refractivity contribution is 9.11. The first-order valence-electron chi connectivity index (χ1n) is 6.49. The summed E-state index contributed by atoms with van der Waals surface area (Å²) in [5, 5.41) is 2.93. The van der Waals surface area contributed by atoms with E-state index in [1.165, 1.54) is 5.56 Å². The number of amides is 1. The molecule has 2 nitrogen and oxygen atoms in total. The fourth-order valence-corrected chi connectivity index (χ4v) is 3.35. The van der Waals surface area contributed by atoms with Crippen molar-refractivity contribution >= 4 is 38.9 Å². The second kappa shape index (κ2) is 6.10. The number of carbonyl (C=O) groups is 1. The van der Waals surface area contributed by atoms with E-state index in [9.17, 15) is 4.79 Å². The first kappa shape index (κ1) is 15.3. The second-order valence-corrected chi connectivity index (χ2v) is 8.31. The molecule has 2 rings (SSSR count). The van der Waals surface area contributed by atoms with Gasteiger partial charge in [0.1, 0.15) is 0 Å². The van der Waals surface area contributed by atoms with Gasteiger partial charge in [0, 0.05) is 10.6 Å². The van der Waals surface area contributed by atoms with Gasteiger partial charge in [-0.15, -0.1) is 11.3 Å². The van der Waals surface area contributed by atoms with Crippen LogP contribution in [-0.4, -0.2) is 5.91 Å². The lowest BCUT2D eigenvalue weighted by atomic mass is 9.87. The quantitative estimate of drug-likeness (QED) is 0.828. The van der Waals surface area contributed by atoms with Crippen LogP contribution in [0.1, 0.15) is 31.2 Å². The third-order valence-corrected chi connectivity index (χ3v) is 4.62. The summed E-state index contributed by atoms with van der Waals surface area (Å²) in [5.41, 5.74) is 2.24. The molecule has 20 heavy (non-hydrogen) atoms. The maximum Gasteiger partial charge on any atom is 0.229 e. The number of carbonyl (C=O) groups excluding carboxylic acids is 1. The molecule has 0 unspecified atom stereocenters. The molecule has 1 aromatic carbocycles. The van der Waals surface area contributed by atoms with Gasteiger partial charge in [-0.3, -0.25) is 4.79 Å². The van der Waals surface area contributed by atoms with Gasteiger partial charge in [0.05, 0.1) is 10.2 Å². The largest absolute Gasteiger partial charge is 0.326 e. The maximum absolute atomic E-state index is 12.0. The van der Waals surface area contributed by atoms with Gasteiger partial charge in [-0.1, -0.05) is 32.9 Å². The molecule has 1 amide bonds. The molecule has 0 fully saturated rings. The Kier molecular flexibility index (Phi) is 4.66. The molecule has 0 spiro atoms. The van der Waals surface area contributed by atoms with Gasteiger partial charge < -0.3 is 5.32 Å². The summed E-state index contributed by atoms with van der Waals surface area (Å²) in [4.78, 5) is 13.0. The average molecular weight is 352 g/mol. The van der Waals surface area contributed by atoms with Crippen molar-refractivity contribution in [2.75, 3.05) is 5.32 Å². The number of anilines is 1. The molecule has 4 heteroatoms. The first-order chi connectivity index (χ1) is 9.34. The van der Waals surface area contributed by atoms with Crippen LogP contribution in [0.2, 0.25) is 0 Å². The van der Waals surface area contributed by atoms with Crippen molar-refractivity contribution in [1.29, 1.82) is 0 Å². The molecule has 0 aliphatic carbocycles. The molecule has 0 saturated heterocycles. The molecule has 1 heterocycles. The van der Waals surface area contributed by atoms with Gasteiger partial charge >= 0.3 is 0 Å². The van der Waals surface area contributed by atoms with Crippen molar-refractivity contribution in [3.05, 3.63) is 50.6 Å². The summed E-state index contributed by atoms with van der Waals surface area (Å²) in [6.07, 6.45) is 0.414. The molecule has 0 saturated carbocycles. The predicted molar refractivity (Wildman–Crippen MR) is 89.5 cm³/mol. The van der Waals surface area contributed by atoms with Gasteiger partial charge in [0.2, 0.25) is 5.91 Å². The Balaban J connectivity index is 1.98. The summed E-state index contributed by atoms with van der Waals surface area (Å²) in [6, 6.07) is 12.0. The number of thiophene rings is 1. The van der Waals surface area contributed by atoms with E-state index < -0.39 is 0 Å². The monoisotopic (exact) mass is 351 g/mol. The van der Waals surface area contributed by atoms with Crippen LogP contribution in [0.4, 0.5) is 5.69 Å². The first-order valence-corrected chi connectivity index (χ1v) is 8.10.